The predicted octanol–water partition coefficient (Wildman–Crippen LogP) is 1.70. The number of hydrogen-bond acceptors (Lipinski definition) is 2. The quantitative estimate of drug-likeness (QED) is 0.646. The van der Waals surface area contributed by atoms with Crippen molar-refractivity contribution in [3.05, 3.63) is 0 Å². The standard InChI is InChI=1S/C11H19NO/c1-12-7-2-3-9(6-8-12)11(13)10-4-5-10/h9-10H,2-8H2,1H3. The van der Waals surface area contributed by atoms with Crippen LogP contribution in [0, 0.1) is 11.8 Å². The summed E-state index contributed by atoms with van der Waals surface area (Å²) in [6.07, 6.45) is 5.79. The molecule has 0 amide bonds. The van der Waals surface area contributed by atoms with E-state index in [4.69, 9.17) is 0 Å². The first-order chi connectivity index (χ1) is 6.27. The van der Waals surface area contributed by atoms with E-state index in [-0.39, 0.29) is 0 Å². The van der Waals surface area contributed by atoms with Crippen LogP contribution in [-0.4, -0.2) is 30.8 Å². The second-order valence-corrected chi connectivity index (χ2v) is 4.61. The third-order valence-corrected chi connectivity index (χ3v) is 3.33. The van der Waals surface area contributed by atoms with Crippen LogP contribution in [-0.2, 0) is 4.79 Å². The number of Topliss-reactive ketones (excluding diaryl/α,β-unsaturated/α-hetero) is 1. The summed E-state index contributed by atoms with van der Waals surface area (Å²) in [5, 5.41) is 0. The van der Waals surface area contributed by atoms with E-state index in [0.717, 1.165) is 19.4 Å². The van der Waals surface area contributed by atoms with Gasteiger partial charge in [0.15, 0.2) is 0 Å². The van der Waals surface area contributed by atoms with Gasteiger partial charge in [-0.1, -0.05) is 0 Å². The summed E-state index contributed by atoms with van der Waals surface area (Å²) < 4.78 is 0. The highest BCUT2D eigenvalue weighted by Gasteiger charge is 2.34. The van der Waals surface area contributed by atoms with Crippen LogP contribution in [0.3, 0.4) is 0 Å². The first-order valence-corrected chi connectivity index (χ1v) is 5.49. The summed E-state index contributed by atoms with van der Waals surface area (Å²) in [4.78, 5) is 14.1. The van der Waals surface area contributed by atoms with Crippen LogP contribution in [0.1, 0.15) is 32.1 Å². The number of hydrogen-bond donors (Lipinski definition) is 0. The van der Waals surface area contributed by atoms with Gasteiger partial charge in [0.05, 0.1) is 0 Å². The maximum Gasteiger partial charge on any atom is 0.139 e. The fourth-order valence-corrected chi connectivity index (χ4v) is 2.23. The lowest BCUT2D eigenvalue weighted by molar-refractivity contribution is -0.124. The summed E-state index contributed by atoms with van der Waals surface area (Å²) in [7, 11) is 2.16. The van der Waals surface area contributed by atoms with Crippen LogP contribution in [0.2, 0.25) is 0 Å². The minimum absolute atomic E-state index is 0.400. The fourth-order valence-electron chi connectivity index (χ4n) is 2.23. The van der Waals surface area contributed by atoms with E-state index < -0.39 is 0 Å². The summed E-state index contributed by atoms with van der Waals surface area (Å²) in [5.41, 5.74) is 0. The highest BCUT2D eigenvalue weighted by Crippen LogP contribution is 2.35. The van der Waals surface area contributed by atoms with Crippen LogP contribution < -0.4 is 0 Å². The average Bonchev–Trinajstić information content (AvgIpc) is 2.89. The van der Waals surface area contributed by atoms with Crippen LogP contribution in [0.4, 0.5) is 0 Å². The van der Waals surface area contributed by atoms with E-state index in [1.807, 2.05) is 0 Å². The third-order valence-electron chi connectivity index (χ3n) is 3.33. The van der Waals surface area contributed by atoms with Crippen molar-refractivity contribution in [3.63, 3.8) is 0 Å². The van der Waals surface area contributed by atoms with Crippen molar-refractivity contribution in [3.8, 4) is 0 Å². The van der Waals surface area contributed by atoms with Crippen LogP contribution in [0.25, 0.3) is 0 Å². The molecule has 0 aromatic heterocycles. The minimum atomic E-state index is 0.400. The van der Waals surface area contributed by atoms with E-state index in [1.54, 1.807) is 0 Å². The Hall–Kier alpha value is -0.370. The SMILES string of the molecule is CN1CCCC(C(=O)C2CC2)CC1. The number of rotatable bonds is 2. The lowest BCUT2D eigenvalue weighted by Crippen LogP contribution is -2.21. The summed E-state index contributed by atoms with van der Waals surface area (Å²) >= 11 is 0. The molecular weight excluding hydrogens is 162 g/mol. The molecule has 2 fully saturated rings. The highest BCUT2D eigenvalue weighted by molar-refractivity contribution is 5.85. The van der Waals surface area contributed by atoms with Gasteiger partial charge in [0, 0.05) is 11.8 Å². The van der Waals surface area contributed by atoms with Gasteiger partial charge in [-0.15, -0.1) is 0 Å². The first kappa shape index (κ1) is 9.20. The molecule has 1 atom stereocenters. The molecule has 2 nitrogen and oxygen atoms in total. The Morgan fingerprint density at radius 3 is 2.46 bits per heavy atom. The van der Waals surface area contributed by atoms with Crippen molar-refractivity contribution < 1.29 is 4.79 Å². The predicted molar refractivity (Wildman–Crippen MR) is 52.6 cm³/mol. The highest BCUT2D eigenvalue weighted by atomic mass is 16.1. The van der Waals surface area contributed by atoms with Crippen molar-refractivity contribution in [1.29, 1.82) is 0 Å². The van der Waals surface area contributed by atoms with Crippen molar-refractivity contribution in [2.24, 2.45) is 11.8 Å². The number of carbonyl (C=O) groups is 1. The average molecular weight is 181 g/mol. The second-order valence-electron chi connectivity index (χ2n) is 4.61. The van der Waals surface area contributed by atoms with Crippen molar-refractivity contribution in [1.82, 2.24) is 4.90 Å². The van der Waals surface area contributed by atoms with E-state index in [2.05, 4.69) is 11.9 Å². The molecule has 2 aliphatic rings. The zero-order chi connectivity index (χ0) is 9.26. The van der Waals surface area contributed by atoms with E-state index in [9.17, 15) is 4.79 Å². The van der Waals surface area contributed by atoms with Gasteiger partial charge in [0.2, 0.25) is 0 Å². The van der Waals surface area contributed by atoms with Gasteiger partial charge < -0.3 is 4.90 Å². The van der Waals surface area contributed by atoms with Crippen molar-refractivity contribution >= 4 is 5.78 Å². The number of likely N-dealkylation sites (tertiary alicyclic amines) is 1. The van der Waals surface area contributed by atoms with Gasteiger partial charge in [0.1, 0.15) is 5.78 Å². The molecule has 0 bridgehead atoms. The number of nitrogens with zero attached hydrogens (tertiary/aromatic N) is 1. The first-order valence-electron chi connectivity index (χ1n) is 5.49. The maximum atomic E-state index is 11.8. The summed E-state index contributed by atoms with van der Waals surface area (Å²) in [6.45, 7) is 2.29. The Balaban J connectivity index is 1.87. The fraction of sp³-hybridized carbons (Fsp3) is 0.909. The molecular formula is C11H19NO. The van der Waals surface area contributed by atoms with Gasteiger partial charge >= 0.3 is 0 Å². The molecule has 2 heteroatoms. The van der Waals surface area contributed by atoms with Gasteiger partial charge in [0.25, 0.3) is 0 Å². The molecule has 74 valence electrons. The Morgan fingerprint density at radius 2 is 1.77 bits per heavy atom. The maximum absolute atomic E-state index is 11.8. The monoisotopic (exact) mass is 181 g/mol. The van der Waals surface area contributed by atoms with Gasteiger partial charge in [-0.2, -0.15) is 0 Å². The zero-order valence-electron chi connectivity index (χ0n) is 8.46. The number of ketones is 1. The Morgan fingerprint density at radius 1 is 1.08 bits per heavy atom. The molecule has 0 aromatic rings. The molecule has 0 spiro atoms. The second kappa shape index (κ2) is 3.79. The van der Waals surface area contributed by atoms with Gasteiger partial charge in [-0.05, 0) is 52.2 Å². The summed E-state index contributed by atoms with van der Waals surface area (Å²) in [5.74, 6) is 1.45. The third kappa shape index (κ3) is 2.31. The molecule has 1 heterocycles. The van der Waals surface area contributed by atoms with Crippen LogP contribution in [0.15, 0.2) is 0 Å². The smallest absolute Gasteiger partial charge is 0.139 e. The summed E-state index contributed by atoms with van der Waals surface area (Å²) in [6, 6.07) is 0. The van der Waals surface area contributed by atoms with E-state index in [0.29, 0.717) is 17.6 Å². The zero-order valence-corrected chi connectivity index (χ0v) is 8.46. The molecule has 1 unspecified atom stereocenters. The van der Waals surface area contributed by atoms with Crippen LogP contribution in [0.5, 0.6) is 0 Å². The lowest BCUT2D eigenvalue weighted by atomic mass is 9.93. The van der Waals surface area contributed by atoms with Crippen LogP contribution >= 0.6 is 0 Å². The number of carbonyl (C=O) groups excluding carboxylic acids is 1. The van der Waals surface area contributed by atoms with Gasteiger partial charge in [-0.25, -0.2) is 0 Å². The minimum Gasteiger partial charge on any atom is -0.306 e. The Bertz CT molecular complexity index is 198. The molecule has 13 heavy (non-hydrogen) atoms. The molecule has 0 radical (unpaired) electrons. The topological polar surface area (TPSA) is 20.3 Å². The Labute approximate surface area is 80.3 Å². The Kier molecular flexibility index (Phi) is 2.68. The van der Waals surface area contributed by atoms with E-state index >= 15 is 0 Å². The normalized spacial score (nSPS) is 31.3. The van der Waals surface area contributed by atoms with E-state index in [1.165, 1.54) is 25.8 Å². The largest absolute Gasteiger partial charge is 0.306 e. The molecule has 1 aliphatic heterocycles. The molecule has 1 aliphatic carbocycles. The lowest BCUT2D eigenvalue weighted by Gasteiger charge is -2.13. The van der Waals surface area contributed by atoms with Crippen molar-refractivity contribution in [2.45, 2.75) is 32.1 Å². The van der Waals surface area contributed by atoms with Crippen molar-refractivity contribution in [2.75, 3.05) is 20.1 Å². The molecule has 0 aromatic carbocycles. The molecule has 0 N–H and O–H groups in total. The molecule has 1 saturated carbocycles. The molecule has 1 saturated heterocycles. The van der Waals surface area contributed by atoms with Gasteiger partial charge in [-0.3, -0.25) is 4.79 Å². The molecule has 2 rings (SSSR count).